The highest BCUT2D eigenvalue weighted by molar-refractivity contribution is 7.92. The molecule has 6 heteroatoms. The Hall–Kier alpha value is -1.43. The highest BCUT2D eigenvalue weighted by Gasteiger charge is 2.31. The number of halogens is 1. The third-order valence-corrected chi connectivity index (χ3v) is 5.60. The summed E-state index contributed by atoms with van der Waals surface area (Å²) in [6, 6.07) is 4.26. The molecule has 0 radical (unpaired) electrons. The summed E-state index contributed by atoms with van der Waals surface area (Å²) in [4.78, 5) is 11.8. The van der Waals surface area contributed by atoms with Crippen LogP contribution in [0.25, 0.3) is 0 Å². The zero-order chi connectivity index (χ0) is 14.0. The third-order valence-electron chi connectivity index (χ3n) is 3.32. The first-order chi connectivity index (χ1) is 8.90. The first-order valence-corrected chi connectivity index (χ1v) is 7.87. The molecule has 1 aliphatic heterocycles. The monoisotopic (exact) mass is 285 g/mol. The van der Waals surface area contributed by atoms with Gasteiger partial charge in [-0.3, -0.25) is 4.79 Å². The fourth-order valence-electron chi connectivity index (χ4n) is 2.20. The molecule has 0 saturated carbocycles. The van der Waals surface area contributed by atoms with E-state index in [1.807, 2.05) is 0 Å². The van der Waals surface area contributed by atoms with Crippen molar-refractivity contribution in [1.82, 2.24) is 5.32 Å². The first kappa shape index (κ1) is 14.0. The summed E-state index contributed by atoms with van der Waals surface area (Å²) in [7, 11) is -3.09. The number of benzene rings is 1. The van der Waals surface area contributed by atoms with Gasteiger partial charge in [-0.15, -0.1) is 0 Å². The number of carbonyl (C=O) groups excluding carboxylic acids is 1. The normalized spacial score (nSPS) is 21.3. The fraction of sp³-hybridized carbons (Fsp3) is 0.462. The number of nitrogens with one attached hydrogen (secondary N) is 1. The lowest BCUT2D eigenvalue weighted by atomic mass is 10.1. The summed E-state index contributed by atoms with van der Waals surface area (Å²) in [5.41, 5.74) is 0.732. The Morgan fingerprint density at radius 3 is 2.84 bits per heavy atom. The maximum absolute atomic E-state index is 13.5. The van der Waals surface area contributed by atoms with E-state index in [1.165, 1.54) is 12.1 Å². The van der Waals surface area contributed by atoms with Crippen LogP contribution in [0.15, 0.2) is 18.2 Å². The van der Waals surface area contributed by atoms with Crippen molar-refractivity contribution in [1.29, 1.82) is 0 Å². The zero-order valence-corrected chi connectivity index (χ0v) is 11.5. The topological polar surface area (TPSA) is 63.2 Å². The van der Waals surface area contributed by atoms with Crippen molar-refractivity contribution in [2.24, 2.45) is 0 Å². The molecule has 0 bridgehead atoms. The van der Waals surface area contributed by atoms with Crippen LogP contribution in [0.2, 0.25) is 0 Å². The van der Waals surface area contributed by atoms with Gasteiger partial charge in [0.15, 0.2) is 9.84 Å². The van der Waals surface area contributed by atoms with Crippen LogP contribution in [-0.4, -0.2) is 31.9 Å². The molecule has 0 aromatic heterocycles. The van der Waals surface area contributed by atoms with E-state index in [0.29, 0.717) is 12.8 Å². The molecule has 1 heterocycles. The number of sulfone groups is 1. The SMILES string of the molecule is Cc1ccc(F)c(C(=O)NCC2CCCS2(=O)=O)c1. The molecular formula is C13H16FNO3S. The van der Waals surface area contributed by atoms with Gasteiger partial charge in [0.1, 0.15) is 5.82 Å². The summed E-state index contributed by atoms with van der Waals surface area (Å²) >= 11 is 0. The van der Waals surface area contributed by atoms with Crippen molar-refractivity contribution >= 4 is 15.7 Å². The zero-order valence-electron chi connectivity index (χ0n) is 10.6. The highest BCUT2D eigenvalue weighted by Crippen LogP contribution is 2.19. The van der Waals surface area contributed by atoms with Crippen LogP contribution >= 0.6 is 0 Å². The van der Waals surface area contributed by atoms with Gasteiger partial charge in [0.05, 0.1) is 16.6 Å². The predicted octanol–water partition coefficient (Wildman–Crippen LogP) is 1.44. The van der Waals surface area contributed by atoms with Crippen LogP contribution in [0.3, 0.4) is 0 Å². The van der Waals surface area contributed by atoms with Gasteiger partial charge in [0.25, 0.3) is 5.91 Å². The van der Waals surface area contributed by atoms with E-state index in [0.717, 1.165) is 5.56 Å². The summed E-state index contributed by atoms with van der Waals surface area (Å²) in [5.74, 6) is -0.993. The molecule has 4 nitrogen and oxygen atoms in total. The van der Waals surface area contributed by atoms with E-state index < -0.39 is 26.8 Å². The van der Waals surface area contributed by atoms with Crippen LogP contribution in [-0.2, 0) is 9.84 Å². The van der Waals surface area contributed by atoms with Gasteiger partial charge < -0.3 is 5.32 Å². The van der Waals surface area contributed by atoms with Crippen LogP contribution in [0.1, 0.15) is 28.8 Å². The molecular weight excluding hydrogens is 269 g/mol. The number of amides is 1. The number of carbonyl (C=O) groups is 1. The molecule has 1 aromatic carbocycles. The summed E-state index contributed by atoms with van der Waals surface area (Å²) < 4.78 is 36.7. The highest BCUT2D eigenvalue weighted by atomic mass is 32.2. The van der Waals surface area contributed by atoms with Crippen molar-refractivity contribution in [3.05, 3.63) is 35.1 Å². The Morgan fingerprint density at radius 2 is 2.21 bits per heavy atom. The molecule has 1 saturated heterocycles. The quantitative estimate of drug-likeness (QED) is 0.914. The number of rotatable bonds is 3. The number of hydrogen-bond acceptors (Lipinski definition) is 3. The lowest BCUT2D eigenvalue weighted by Gasteiger charge is -2.11. The second-order valence-corrected chi connectivity index (χ2v) is 7.23. The van der Waals surface area contributed by atoms with Crippen molar-refractivity contribution in [2.75, 3.05) is 12.3 Å². The Kier molecular flexibility index (Phi) is 3.89. The Balaban J connectivity index is 2.04. The fourth-order valence-corrected chi connectivity index (χ4v) is 3.97. The second-order valence-electron chi connectivity index (χ2n) is 4.82. The first-order valence-electron chi connectivity index (χ1n) is 6.16. The summed E-state index contributed by atoms with van der Waals surface area (Å²) in [6.07, 6.45) is 1.18. The Morgan fingerprint density at radius 1 is 1.47 bits per heavy atom. The minimum atomic E-state index is -3.09. The second kappa shape index (κ2) is 5.28. The van der Waals surface area contributed by atoms with Gasteiger partial charge in [0.2, 0.25) is 0 Å². The van der Waals surface area contributed by atoms with Gasteiger partial charge in [-0.2, -0.15) is 0 Å². The van der Waals surface area contributed by atoms with E-state index in [9.17, 15) is 17.6 Å². The molecule has 104 valence electrons. The molecule has 1 N–H and O–H groups in total. The number of aryl methyl sites for hydroxylation is 1. The Bertz CT molecular complexity index is 598. The van der Waals surface area contributed by atoms with Crippen LogP contribution in [0.4, 0.5) is 4.39 Å². The lowest BCUT2D eigenvalue weighted by molar-refractivity contribution is 0.0949. The average molecular weight is 285 g/mol. The maximum Gasteiger partial charge on any atom is 0.254 e. The smallest absolute Gasteiger partial charge is 0.254 e. The number of hydrogen-bond donors (Lipinski definition) is 1. The lowest BCUT2D eigenvalue weighted by Crippen LogP contribution is -2.35. The van der Waals surface area contributed by atoms with Gasteiger partial charge in [-0.1, -0.05) is 11.6 Å². The summed E-state index contributed by atoms with van der Waals surface area (Å²) in [6.45, 7) is 1.81. The largest absolute Gasteiger partial charge is 0.351 e. The van der Waals surface area contributed by atoms with E-state index in [4.69, 9.17) is 0 Å². The molecule has 0 aliphatic carbocycles. The van der Waals surface area contributed by atoms with Crippen LogP contribution in [0.5, 0.6) is 0 Å². The third kappa shape index (κ3) is 3.12. The van der Waals surface area contributed by atoms with Crippen molar-refractivity contribution in [2.45, 2.75) is 25.0 Å². The molecule has 0 spiro atoms. The van der Waals surface area contributed by atoms with Gasteiger partial charge >= 0.3 is 0 Å². The molecule has 1 fully saturated rings. The van der Waals surface area contributed by atoms with Crippen LogP contribution in [0, 0.1) is 12.7 Å². The Labute approximate surface area is 111 Å². The van der Waals surface area contributed by atoms with Gasteiger partial charge in [-0.05, 0) is 31.9 Å². The molecule has 1 aromatic rings. The van der Waals surface area contributed by atoms with E-state index in [2.05, 4.69) is 5.32 Å². The van der Waals surface area contributed by atoms with Crippen molar-refractivity contribution in [3.63, 3.8) is 0 Å². The van der Waals surface area contributed by atoms with Gasteiger partial charge in [0, 0.05) is 6.54 Å². The van der Waals surface area contributed by atoms with Crippen molar-refractivity contribution < 1.29 is 17.6 Å². The molecule has 1 amide bonds. The minimum absolute atomic E-state index is 0.0459. The molecule has 19 heavy (non-hydrogen) atoms. The molecule has 1 unspecified atom stereocenters. The van der Waals surface area contributed by atoms with E-state index >= 15 is 0 Å². The molecule has 2 rings (SSSR count). The van der Waals surface area contributed by atoms with Crippen LogP contribution < -0.4 is 5.32 Å². The standard InChI is InChI=1S/C13H16FNO3S/c1-9-4-5-12(14)11(7-9)13(16)15-8-10-3-2-6-19(10,17)18/h4-5,7,10H,2-3,6,8H2,1H3,(H,15,16). The molecule has 1 aliphatic rings. The summed E-state index contributed by atoms with van der Waals surface area (Å²) in [5, 5.41) is 1.97. The van der Waals surface area contributed by atoms with E-state index in [1.54, 1.807) is 13.0 Å². The average Bonchev–Trinajstić information content (AvgIpc) is 2.68. The molecule has 1 atom stereocenters. The van der Waals surface area contributed by atoms with E-state index in [-0.39, 0.29) is 17.9 Å². The van der Waals surface area contributed by atoms with Gasteiger partial charge in [-0.25, -0.2) is 12.8 Å². The minimum Gasteiger partial charge on any atom is -0.351 e. The maximum atomic E-state index is 13.5. The van der Waals surface area contributed by atoms with Crippen molar-refractivity contribution in [3.8, 4) is 0 Å². The predicted molar refractivity (Wildman–Crippen MR) is 70.3 cm³/mol.